The molecule has 1 aromatic carbocycles. The predicted molar refractivity (Wildman–Crippen MR) is 69.0 cm³/mol. The molecule has 2 rings (SSSR count). The highest BCUT2D eigenvalue weighted by Gasteiger charge is 2.27. The monoisotopic (exact) mass is 296 g/mol. The molecule has 1 unspecified atom stereocenters. The third-order valence-electron chi connectivity index (χ3n) is 3.05. The maximum atomic E-state index is 11.1. The lowest BCUT2D eigenvalue weighted by Crippen LogP contribution is -2.27. The first kappa shape index (κ1) is 12.1. The van der Waals surface area contributed by atoms with Gasteiger partial charge in [-0.3, -0.25) is 9.59 Å². The summed E-state index contributed by atoms with van der Waals surface area (Å²) in [6.45, 7) is 1.36. The summed E-state index contributed by atoms with van der Waals surface area (Å²) in [6, 6.07) is 5.55. The van der Waals surface area contributed by atoms with E-state index in [1.807, 2.05) is 17.0 Å². The Morgan fingerprint density at radius 3 is 2.88 bits per heavy atom. The molecule has 1 saturated heterocycles. The molecule has 2 N–H and O–H groups in total. The van der Waals surface area contributed by atoms with E-state index in [2.05, 4.69) is 15.9 Å². The second kappa shape index (κ2) is 4.87. The molecule has 17 heavy (non-hydrogen) atoms. The van der Waals surface area contributed by atoms with Gasteiger partial charge in [0.05, 0.1) is 5.92 Å². The van der Waals surface area contributed by atoms with Gasteiger partial charge in [-0.25, -0.2) is 0 Å². The normalized spacial score (nSPS) is 19.4. The van der Waals surface area contributed by atoms with Gasteiger partial charge in [0, 0.05) is 28.8 Å². The van der Waals surface area contributed by atoms with Crippen molar-refractivity contribution in [1.82, 2.24) is 0 Å². The molecule has 4 nitrogen and oxygen atoms in total. The van der Waals surface area contributed by atoms with Crippen LogP contribution in [0.2, 0.25) is 0 Å². The summed E-state index contributed by atoms with van der Waals surface area (Å²) in [4.78, 5) is 24.2. The first-order chi connectivity index (χ1) is 8.11. The minimum atomic E-state index is -0.266. The van der Waals surface area contributed by atoms with Crippen molar-refractivity contribution in [3.8, 4) is 0 Å². The number of halogens is 1. The number of rotatable bonds is 3. The van der Waals surface area contributed by atoms with Gasteiger partial charge >= 0.3 is 0 Å². The van der Waals surface area contributed by atoms with E-state index >= 15 is 0 Å². The second-order valence-corrected chi connectivity index (χ2v) is 5.07. The highest BCUT2D eigenvalue weighted by atomic mass is 79.9. The summed E-state index contributed by atoms with van der Waals surface area (Å²) in [5.41, 5.74) is 6.79. The van der Waals surface area contributed by atoms with Crippen LogP contribution >= 0.6 is 15.9 Å². The summed E-state index contributed by atoms with van der Waals surface area (Å²) in [7, 11) is 0. The van der Waals surface area contributed by atoms with Gasteiger partial charge in [0.25, 0.3) is 0 Å². The van der Waals surface area contributed by atoms with Crippen LogP contribution in [0.5, 0.6) is 0 Å². The van der Waals surface area contributed by atoms with Crippen LogP contribution in [-0.2, 0) is 4.79 Å². The molecule has 1 fully saturated rings. The molecule has 5 heteroatoms. The Labute approximate surface area is 108 Å². The Morgan fingerprint density at radius 2 is 2.29 bits per heavy atom. The summed E-state index contributed by atoms with van der Waals surface area (Å²) < 4.78 is 0.869. The minimum Gasteiger partial charge on any atom is -0.370 e. The molecular weight excluding hydrogens is 284 g/mol. The Balaban J connectivity index is 2.24. The number of primary amides is 1. The highest BCUT2D eigenvalue weighted by Crippen LogP contribution is 2.28. The summed E-state index contributed by atoms with van der Waals surface area (Å²) in [5.74, 6) is -0.379. The zero-order valence-electron chi connectivity index (χ0n) is 9.23. The number of benzene rings is 1. The van der Waals surface area contributed by atoms with Gasteiger partial charge in [-0.2, -0.15) is 0 Å². The maximum Gasteiger partial charge on any atom is 0.222 e. The van der Waals surface area contributed by atoms with Crippen molar-refractivity contribution in [2.75, 3.05) is 18.0 Å². The number of hydrogen-bond donors (Lipinski definition) is 1. The van der Waals surface area contributed by atoms with Crippen molar-refractivity contribution in [2.24, 2.45) is 11.7 Å². The molecule has 1 aliphatic heterocycles. The van der Waals surface area contributed by atoms with Crippen molar-refractivity contribution < 1.29 is 9.59 Å². The van der Waals surface area contributed by atoms with E-state index in [-0.39, 0.29) is 11.8 Å². The summed E-state index contributed by atoms with van der Waals surface area (Å²) in [6.07, 6.45) is 1.58. The second-order valence-electron chi connectivity index (χ2n) is 4.15. The fraction of sp³-hybridized carbons (Fsp3) is 0.333. The first-order valence-electron chi connectivity index (χ1n) is 5.41. The number of anilines is 1. The van der Waals surface area contributed by atoms with Crippen LogP contribution in [0.1, 0.15) is 16.8 Å². The van der Waals surface area contributed by atoms with Crippen molar-refractivity contribution in [2.45, 2.75) is 6.42 Å². The van der Waals surface area contributed by atoms with Crippen molar-refractivity contribution in [3.63, 3.8) is 0 Å². The molecule has 90 valence electrons. The van der Waals surface area contributed by atoms with Crippen LogP contribution < -0.4 is 10.6 Å². The van der Waals surface area contributed by atoms with Crippen LogP contribution in [0.25, 0.3) is 0 Å². The van der Waals surface area contributed by atoms with E-state index < -0.39 is 0 Å². The Kier molecular flexibility index (Phi) is 3.47. The molecule has 1 atom stereocenters. The van der Waals surface area contributed by atoms with E-state index in [1.165, 1.54) is 0 Å². The third kappa shape index (κ3) is 2.49. The van der Waals surface area contributed by atoms with Gasteiger partial charge in [-0.1, -0.05) is 15.9 Å². The molecule has 0 radical (unpaired) electrons. The lowest BCUT2D eigenvalue weighted by molar-refractivity contribution is -0.121. The standard InChI is InChI=1S/C12H13BrN2O2/c13-10-1-2-11(9(5-10)7-16)15-4-3-8(6-15)12(14)17/h1-2,5,7-8H,3-4,6H2,(H2,14,17). The van der Waals surface area contributed by atoms with Crippen LogP contribution in [0, 0.1) is 5.92 Å². The molecule has 0 aromatic heterocycles. The fourth-order valence-electron chi connectivity index (χ4n) is 2.12. The Hall–Kier alpha value is -1.36. The maximum absolute atomic E-state index is 11.1. The molecule has 0 bridgehead atoms. The van der Waals surface area contributed by atoms with E-state index in [1.54, 1.807) is 6.07 Å². The topological polar surface area (TPSA) is 63.4 Å². The van der Waals surface area contributed by atoms with Crippen LogP contribution in [0.15, 0.2) is 22.7 Å². The molecule has 1 heterocycles. The van der Waals surface area contributed by atoms with E-state index in [4.69, 9.17) is 5.73 Å². The van der Waals surface area contributed by atoms with Crippen molar-refractivity contribution in [1.29, 1.82) is 0 Å². The van der Waals surface area contributed by atoms with Crippen LogP contribution in [0.4, 0.5) is 5.69 Å². The summed E-state index contributed by atoms with van der Waals surface area (Å²) in [5, 5.41) is 0. The smallest absolute Gasteiger partial charge is 0.222 e. The van der Waals surface area contributed by atoms with Gasteiger partial charge in [0.1, 0.15) is 0 Å². The van der Waals surface area contributed by atoms with Gasteiger partial charge in [-0.15, -0.1) is 0 Å². The van der Waals surface area contributed by atoms with Crippen LogP contribution in [-0.4, -0.2) is 25.3 Å². The number of nitrogens with two attached hydrogens (primary N) is 1. The first-order valence-corrected chi connectivity index (χ1v) is 6.20. The lowest BCUT2D eigenvalue weighted by atomic mass is 10.1. The molecule has 1 amide bonds. The number of amides is 1. The Bertz CT molecular complexity index is 462. The molecule has 1 aliphatic rings. The number of aldehydes is 1. The highest BCUT2D eigenvalue weighted by molar-refractivity contribution is 9.10. The Morgan fingerprint density at radius 1 is 1.53 bits per heavy atom. The summed E-state index contributed by atoms with van der Waals surface area (Å²) >= 11 is 3.33. The number of nitrogens with zero attached hydrogens (tertiary/aromatic N) is 1. The molecule has 0 saturated carbocycles. The number of hydrogen-bond acceptors (Lipinski definition) is 3. The number of carbonyl (C=O) groups is 2. The number of carbonyl (C=O) groups excluding carboxylic acids is 2. The van der Waals surface area contributed by atoms with Gasteiger partial charge in [-0.05, 0) is 24.6 Å². The third-order valence-corrected chi connectivity index (χ3v) is 3.54. The van der Waals surface area contributed by atoms with E-state index in [9.17, 15) is 9.59 Å². The molecular formula is C12H13BrN2O2. The average Bonchev–Trinajstić information content (AvgIpc) is 2.78. The van der Waals surface area contributed by atoms with Crippen molar-refractivity contribution in [3.05, 3.63) is 28.2 Å². The van der Waals surface area contributed by atoms with Crippen molar-refractivity contribution >= 4 is 33.8 Å². The van der Waals surface area contributed by atoms with E-state index in [0.717, 1.165) is 29.4 Å². The quantitative estimate of drug-likeness (QED) is 0.861. The van der Waals surface area contributed by atoms with Gasteiger partial charge in [0.15, 0.2) is 6.29 Å². The predicted octanol–water partition coefficient (Wildman–Crippen LogP) is 1.57. The average molecular weight is 297 g/mol. The zero-order chi connectivity index (χ0) is 12.4. The lowest BCUT2D eigenvalue weighted by Gasteiger charge is -2.20. The van der Waals surface area contributed by atoms with Crippen LogP contribution in [0.3, 0.4) is 0 Å². The largest absolute Gasteiger partial charge is 0.370 e. The van der Waals surface area contributed by atoms with Gasteiger partial charge in [0.2, 0.25) is 5.91 Å². The van der Waals surface area contributed by atoms with Gasteiger partial charge < -0.3 is 10.6 Å². The zero-order valence-corrected chi connectivity index (χ0v) is 10.8. The molecule has 0 aliphatic carbocycles. The minimum absolute atomic E-state index is 0.113. The molecule has 0 spiro atoms. The molecule has 1 aromatic rings. The SMILES string of the molecule is NC(=O)C1CCN(c2ccc(Br)cc2C=O)C1. The van der Waals surface area contributed by atoms with E-state index in [0.29, 0.717) is 12.1 Å². The fourth-order valence-corrected chi connectivity index (χ4v) is 2.50.